The number of thiophene rings is 1. The Labute approximate surface area is 194 Å². The van der Waals surface area contributed by atoms with Crippen LogP contribution in [0.3, 0.4) is 0 Å². The molecule has 5 rings (SSSR count). The number of nitrogens with zero attached hydrogens (tertiary/aromatic N) is 3. The highest BCUT2D eigenvalue weighted by molar-refractivity contribution is 7.16. The normalized spacial score (nSPS) is 22.5. The van der Waals surface area contributed by atoms with Gasteiger partial charge in [-0.05, 0) is 49.2 Å². The van der Waals surface area contributed by atoms with Crippen molar-refractivity contribution in [2.45, 2.75) is 30.9 Å². The van der Waals surface area contributed by atoms with E-state index in [4.69, 9.17) is 21.1 Å². The van der Waals surface area contributed by atoms with Crippen LogP contribution in [0.1, 0.15) is 45.4 Å². The first-order valence-corrected chi connectivity index (χ1v) is 11.7. The third kappa shape index (κ3) is 3.69. The standard InChI is InChI=1S/C22H24ClN5O3S/c1-24-21(29)15-10-14(3-4-18(15)30-2)28-12-17(26-27-28)16-11-22(6-7-25-16)20-13(5-8-31-22)9-19(23)32-20/h3-4,9-10,12,16,25H,5-8,11H2,1-2H3,(H,24,29)/t16-,22-/m0/s1. The summed E-state index contributed by atoms with van der Waals surface area (Å²) in [6.07, 6.45) is 4.47. The Balaban J connectivity index is 1.43. The topological polar surface area (TPSA) is 90.3 Å². The number of carbonyl (C=O) groups excluding carboxylic acids is 1. The van der Waals surface area contributed by atoms with E-state index in [1.165, 1.54) is 10.4 Å². The summed E-state index contributed by atoms with van der Waals surface area (Å²) in [5.41, 5.74) is 2.97. The molecule has 168 valence electrons. The summed E-state index contributed by atoms with van der Waals surface area (Å²) in [6.45, 7) is 1.52. The molecule has 1 saturated heterocycles. The number of rotatable bonds is 4. The zero-order valence-electron chi connectivity index (χ0n) is 17.9. The van der Waals surface area contributed by atoms with Crippen LogP contribution < -0.4 is 15.4 Å². The van der Waals surface area contributed by atoms with Crippen LogP contribution in [0.5, 0.6) is 5.75 Å². The Kier molecular flexibility index (Phi) is 5.66. The van der Waals surface area contributed by atoms with E-state index in [0.717, 1.165) is 41.5 Å². The second-order valence-electron chi connectivity index (χ2n) is 8.01. The van der Waals surface area contributed by atoms with Crippen LogP contribution in [0.25, 0.3) is 5.69 Å². The Morgan fingerprint density at radius 1 is 1.44 bits per heavy atom. The fraction of sp³-hybridized carbons (Fsp3) is 0.409. The molecule has 0 bridgehead atoms. The molecule has 8 nitrogen and oxygen atoms in total. The van der Waals surface area contributed by atoms with Crippen LogP contribution in [0.2, 0.25) is 4.34 Å². The van der Waals surface area contributed by atoms with Gasteiger partial charge in [0.1, 0.15) is 17.0 Å². The van der Waals surface area contributed by atoms with Crippen molar-refractivity contribution < 1.29 is 14.3 Å². The molecule has 0 radical (unpaired) electrons. The number of aromatic nitrogens is 3. The summed E-state index contributed by atoms with van der Waals surface area (Å²) < 4.78 is 14.2. The highest BCUT2D eigenvalue weighted by Gasteiger charge is 2.44. The van der Waals surface area contributed by atoms with E-state index in [0.29, 0.717) is 17.9 Å². The number of carbonyl (C=O) groups is 1. The van der Waals surface area contributed by atoms with Gasteiger partial charge < -0.3 is 20.1 Å². The quantitative estimate of drug-likeness (QED) is 0.604. The molecule has 1 aromatic carbocycles. The van der Waals surface area contributed by atoms with Crippen molar-refractivity contribution in [1.82, 2.24) is 25.6 Å². The highest BCUT2D eigenvalue weighted by Crippen LogP contribution is 2.48. The summed E-state index contributed by atoms with van der Waals surface area (Å²) >= 11 is 7.96. The average molecular weight is 474 g/mol. The minimum absolute atomic E-state index is 0.000912. The summed E-state index contributed by atoms with van der Waals surface area (Å²) in [7, 11) is 3.13. The summed E-state index contributed by atoms with van der Waals surface area (Å²) in [4.78, 5) is 13.5. The molecule has 0 saturated carbocycles. The molecule has 2 aliphatic heterocycles. The number of hydrogen-bond acceptors (Lipinski definition) is 7. The minimum Gasteiger partial charge on any atom is -0.496 e. The molecule has 0 aliphatic carbocycles. The second kappa shape index (κ2) is 8.47. The monoisotopic (exact) mass is 473 g/mol. The first-order valence-electron chi connectivity index (χ1n) is 10.5. The first-order chi connectivity index (χ1) is 15.5. The van der Waals surface area contributed by atoms with Gasteiger partial charge in [-0.2, -0.15) is 0 Å². The molecule has 10 heteroatoms. The lowest BCUT2D eigenvalue weighted by Gasteiger charge is -2.43. The predicted molar refractivity (Wildman–Crippen MR) is 122 cm³/mol. The fourth-order valence-electron chi connectivity index (χ4n) is 4.60. The largest absolute Gasteiger partial charge is 0.496 e. The second-order valence-corrected chi connectivity index (χ2v) is 9.69. The smallest absolute Gasteiger partial charge is 0.254 e. The van der Waals surface area contributed by atoms with Crippen LogP contribution in [0.15, 0.2) is 30.5 Å². The number of hydrogen-bond donors (Lipinski definition) is 2. The highest BCUT2D eigenvalue weighted by atomic mass is 35.5. The number of methoxy groups -OCH3 is 1. The van der Waals surface area contributed by atoms with E-state index in [1.807, 2.05) is 12.3 Å². The molecule has 2 aromatic heterocycles. The van der Waals surface area contributed by atoms with Crippen LogP contribution >= 0.6 is 22.9 Å². The Morgan fingerprint density at radius 2 is 2.31 bits per heavy atom. The number of fused-ring (bicyclic) bond motifs is 2. The maximum atomic E-state index is 12.2. The molecule has 4 heterocycles. The number of nitrogens with one attached hydrogen (secondary N) is 2. The molecule has 0 unspecified atom stereocenters. The SMILES string of the molecule is CNC(=O)c1cc(-n2cc([C@@H]3C[C@]4(CCN3)OCCc3cc(Cl)sc34)nn2)ccc1OC. The van der Waals surface area contributed by atoms with Crippen molar-refractivity contribution in [3.8, 4) is 11.4 Å². The molecule has 1 spiro atoms. The lowest BCUT2D eigenvalue weighted by molar-refractivity contribution is -0.0871. The summed E-state index contributed by atoms with van der Waals surface area (Å²) in [5.74, 6) is 0.281. The van der Waals surface area contributed by atoms with Crippen molar-refractivity contribution in [2.24, 2.45) is 0 Å². The Morgan fingerprint density at radius 3 is 3.12 bits per heavy atom. The summed E-state index contributed by atoms with van der Waals surface area (Å²) in [6, 6.07) is 7.43. The van der Waals surface area contributed by atoms with Gasteiger partial charge in [-0.15, -0.1) is 16.4 Å². The predicted octanol–water partition coefficient (Wildman–Crippen LogP) is 3.24. The molecular weight excluding hydrogens is 450 g/mol. The first kappa shape index (κ1) is 21.4. The average Bonchev–Trinajstić information content (AvgIpc) is 3.46. The van der Waals surface area contributed by atoms with E-state index in [2.05, 4.69) is 27.0 Å². The Hall–Kier alpha value is -2.46. The number of amides is 1. The van der Waals surface area contributed by atoms with Gasteiger partial charge in [0.2, 0.25) is 0 Å². The zero-order chi connectivity index (χ0) is 22.3. The maximum Gasteiger partial charge on any atom is 0.254 e. The van der Waals surface area contributed by atoms with E-state index >= 15 is 0 Å². The van der Waals surface area contributed by atoms with Gasteiger partial charge in [0.25, 0.3) is 5.91 Å². The van der Waals surface area contributed by atoms with Crippen molar-refractivity contribution in [3.63, 3.8) is 0 Å². The molecule has 2 N–H and O–H groups in total. The number of piperidine rings is 1. The Bertz CT molecular complexity index is 1160. The maximum absolute atomic E-state index is 12.2. The molecule has 32 heavy (non-hydrogen) atoms. The number of ether oxygens (including phenoxy) is 2. The van der Waals surface area contributed by atoms with Gasteiger partial charge in [-0.25, -0.2) is 4.68 Å². The van der Waals surface area contributed by atoms with E-state index in [9.17, 15) is 4.79 Å². The van der Waals surface area contributed by atoms with Crippen LogP contribution in [0.4, 0.5) is 0 Å². The number of benzene rings is 1. The van der Waals surface area contributed by atoms with Crippen molar-refractivity contribution in [3.05, 3.63) is 56.5 Å². The molecular formula is C22H24ClN5O3S. The van der Waals surface area contributed by atoms with Gasteiger partial charge >= 0.3 is 0 Å². The van der Waals surface area contributed by atoms with Crippen molar-refractivity contribution in [2.75, 3.05) is 27.3 Å². The molecule has 2 atom stereocenters. The van der Waals surface area contributed by atoms with Gasteiger partial charge in [0, 0.05) is 18.3 Å². The molecule has 1 fully saturated rings. The summed E-state index contributed by atoms with van der Waals surface area (Å²) in [5, 5.41) is 14.9. The molecule has 1 amide bonds. The lowest BCUT2D eigenvalue weighted by atomic mass is 9.82. The minimum atomic E-state index is -0.336. The number of halogens is 1. The van der Waals surface area contributed by atoms with Gasteiger partial charge in [0.05, 0.1) is 41.5 Å². The van der Waals surface area contributed by atoms with Crippen molar-refractivity contribution >= 4 is 28.8 Å². The van der Waals surface area contributed by atoms with Gasteiger partial charge in [-0.1, -0.05) is 16.8 Å². The third-order valence-corrected chi connectivity index (χ3v) is 7.68. The van der Waals surface area contributed by atoms with Gasteiger partial charge in [-0.3, -0.25) is 4.79 Å². The molecule has 3 aromatic rings. The van der Waals surface area contributed by atoms with Crippen molar-refractivity contribution in [1.29, 1.82) is 0 Å². The van der Waals surface area contributed by atoms with Crippen LogP contribution in [0, 0.1) is 0 Å². The zero-order valence-corrected chi connectivity index (χ0v) is 19.4. The van der Waals surface area contributed by atoms with Crippen LogP contribution in [-0.4, -0.2) is 48.2 Å². The van der Waals surface area contributed by atoms with E-state index in [-0.39, 0.29) is 17.6 Å². The fourth-order valence-corrected chi connectivity index (χ4v) is 6.08. The third-order valence-electron chi connectivity index (χ3n) is 6.18. The van der Waals surface area contributed by atoms with E-state index in [1.54, 1.807) is 42.3 Å². The molecule has 2 aliphatic rings. The lowest BCUT2D eigenvalue weighted by Crippen LogP contribution is -2.45. The van der Waals surface area contributed by atoms with Gasteiger partial charge in [0.15, 0.2) is 0 Å². The van der Waals surface area contributed by atoms with E-state index < -0.39 is 0 Å². The van der Waals surface area contributed by atoms with Crippen LogP contribution in [-0.2, 0) is 16.8 Å².